The number of carbonyl (C=O) groups excluding carboxylic acids is 2. The second-order valence-corrected chi connectivity index (χ2v) is 6.22. The Morgan fingerprint density at radius 3 is 2.40 bits per heavy atom. The third-order valence-electron chi connectivity index (χ3n) is 4.00. The highest BCUT2D eigenvalue weighted by atomic mass is 16.3. The van der Waals surface area contributed by atoms with Gasteiger partial charge in [-0.15, -0.1) is 0 Å². The second kappa shape index (κ2) is 7.21. The fourth-order valence-electron chi connectivity index (χ4n) is 2.64. The summed E-state index contributed by atoms with van der Waals surface area (Å²) in [5.41, 5.74) is 0.696. The zero-order valence-corrected chi connectivity index (χ0v) is 14.2. The van der Waals surface area contributed by atoms with Gasteiger partial charge in [-0.2, -0.15) is 0 Å². The van der Waals surface area contributed by atoms with E-state index in [1.165, 1.54) is 6.26 Å². The molecule has 0 unspecified atom stereocenters. The van der Waals surface area contributed by atoms with Crippen molar-refractivity contribution in [3.63, 3.8) is 0 Å². The number of amides is 2. The number of fused-ring (bicyclic) bond motifs is 1. The monoisotopic (exact) mass is 336 g/mol. The van der Waals surface area contributed by atoms with Gasteiger partial charge in [0, 0.05) is 5.69 Å². The van der Waals surface area contributed by atoms with Crippen LogP contribution in [0.15, 0.2) is 65.3 Å². The molecule has 1 aromatic heterocycles. The summed E-state index contributed by atoms with van der Waals surface area (Å²) >= 11 is 0. The molecule has 2 amide bonds. The van der Waals surface area contributed by atoms with E-state index in [1.54, 1.807) is 12.1 Å². The predicted octanol–water partition coefficient (Wildman–Crippen LogP) is 3.83. The van der Waals surface area contributed by atoms with Crippen LogP contribution >= 0.6 is 0 Å². The minimum absolute atomic E-state index is 0.0700. The third-order valence-corrected chi connectivity index (χ3v) is 4.00. The molecule has 5 heteroatoms. The topological polar surface area (TPSA) is 71.3 Å². The molecule has 0 aliphatic heterocycles. The average molecular weight is 336 g/mol. The molecule has 0 fully saturated rings. The van der Waals surface area contributed by atoms with Gasteiger partial charge in [-0.1, -0.05) is 44.2 Å². The highest BCUT2D eigenvalue weighted by Gasteiger charge is 2.25. The van der Waals surface area contributed by atoms with Crippen LogP contribution in [0.5, 0.6) is 0 Å². The number of hydrogen-bond donors (Lipinski definition) is 2. The van der Waals surface area contributed by atoms with E-state index >= 15 is 0 Å². The Morgan fingerprint density at radius 2 is 1.72 bits per heavy atom. The van der Waals surface area contributed by atoms with Gasteiger partial charge in [0.1, 0.15) is 6.04 Å². The maximum Gasteiger partial charge on any atom is 0.287 e. The first kappa shape index (κ1) is 16.8. The zero-order chi connectivity index (χ0) is 17.8. The molecule has 0 spiro atoms. The molecule has 5 nitrogen and oxygen atoms in total. The SMILES string of the molecule is CC(C)[C@H](NC(=O)c1ccco1)C(=O)Nc1ccc2ccccc2c1. The summed E-state index contributed by atoms with van der Waals surface area (Å²) in [6.07, 6.45) is 1.43. The Labute approximate surface area is 146 Å². The minimum atomic E-state index is -0.663. The molecule has 1 atom stereocenters. The number of furan rings is 1. The number of benzene rings is 2. The molecule has 0 aliphatic carbocycles. The molecule has 0 radical (unpaired) electrons. The van der Waals surface area contributed by atoms with Gasteiger partial charge in [0.05, 0.1) is 6.26 Å². The van der Waals surface area contributed by atoms with E-state index in [-0.39, 0.29) is 17.6 Å². The molecule has 2 aromatic carbocycles. The summed E-state index contributed by atoms with van der Waals surface area (Å²) in [5.74, 6) is -0.550. The van der Waals surface area contributed by atoms with E-state index < -0.39 is 11.9 Å². The van der Waals surface area contributed by atoms with Gasteiger partial charge in [0.2, 0.25) is 5.91 Å². The fraction of sp³-hybridized carbons (Fsp3) is 0.200. The van der Waals surface area contributed by atoms with Gasteiger partial charge in [-0.3, -0.25) is 9.59 Å². The number of anilines is 1. The van der Waals surface area contributed by atoms with Crippen LogP contribution in [0.25, 0.3) is 10.8 Å². The molecule has 1 heterocycles. The molecule has 0 bridgehead atoms. The van der Waals surface area contributed by atoms with Crippen molar-refractivity contribution in [2.24, 2.45) is 5.92 Å². The summed E-state index contributed by atoms with van der Waals surface area (Å²) in [6.45, 7) is 3.76. The van der Waals surface area contributed by atoms with Gasteiger partial charge in [-0.25, -0.2) is 0 Å². The van der Waals surface area contributed by atoms with Gasteiger partial charge >= 0.3 is 0 Å². The van der Waals surface area contributed by atoms with Crippen molar-refractivity contribution in [1.82, 2.24) is 5.32 Å². The van der Waals surface area contributed by atoms with Gasteiger partial charge in [0.25, 0.3) is 5.91 Å². The van der Waals surface area contributed by atoms with Crippen molar-refractivity contribution in [2.45, 2.75) is 19.9 Å². The van der Waals surface area contributed by atoms with Crippen LogP contribution in [0, 0.1) is 5.92 Å². The van der Waals surface area contributed by atoms with Crippen LogP contribution in [0.3, 0.4) is 0 Å². The summed E-state index contributed by atoms with van der Waals surface area (Å²) in [6, 6.07) is 16.2. The van der Waals surface area contributed by atoms with Crippen LogP contribution in [0.4, 0.5) is 5.69 Å². The molecular weight excluding hydrogens is 316 g/mol. The first-order chi connectivity index (χ1) is 12.0. The van der Waals surface area contributed by atoms with Crippen LogP contribution in [-0.4, -0.2) is 17.9 Å². The molecule has 2 N–H and O–H groups in total. The number of rotatable bonds is 5. The van der Waals surface area contributed by atoms with E-state index in [0.29, 0.717) is 5.69 Å². The average Bonchev–Trinajstić information content (AvgIpc) is 3.13. The molecule has 128 valence electrons. The predicted molar refractivity (Wildman–Crippen MR) is 97.4 cm³/mol. The minimum Gasteiger partial charge on any atom is -0.459 e. The lowest BCUT2D eigenvalue weighted by molar-refractivity contribution is -0.118. The highest BCUT2D eigenvalue weighted by molar-refractivity contribution is 6.01. The van der Waals surface area contributed by atoms with Crippen molar-refractivity contribution in [3.05, 3.63) is 66.6 Å². The molecular formula is C20H20N2O3. The van der Waals surface area contributed by atoms with Crippen LogP contribution in [0.1, 0.15) is 24.4 Å². The molecule has 0 saturated heterocycles. The van der Waals surface area contributed by atoms with Gasteiger partial charge in [-0.05, 0) is 41.0 Å². The molecule has 3 aromatic rings. The Kier molecular flexibility index (Phi) is 4.84. The smallest absolute Gasteiger partial charge is 0.287 e. The van der Waals surface area contributed by atoms with Gasteiger partial charge < -0.3 is 15.1 Å². The van der Waals surface area contributed by atoms with Crippen molar-refractivity contribution >= 4 is 28.3 Å². The van der Waals surface area contributed by atoms with E-state index in [2.05, 4.69) is 10.6 Å². The lowest BCUT2D eigenvalue weighted by Crippen LogP contribution is -2.47. The Bertz CT molecular complexity index is 885. The fourth-order valence-corrected chi connectivity index (χ4v) is 2.64. The van der Waals surface area contributed by atoms with Crippen molar-refractivity contribution in [3.8, 4) is 0 Å². The van der Waals surface area contributed by atoms with E-state index in [4.69, 9.17) is 4.42 Å². The Hall–Kier alpha value is -3.08. The van der Waals surface area contributed by atoms with E-state index in [0.717, 1.165) is 10.8 Å². The van der Waals surface area contributed by atoms with E-state index in [9.17, 15) is 9.59 Å². The number of hydrogen-bond acceptors (Lipinski definition) is 3. The third kappa shape index (κ3) is 3.88. The summed E-state index contributed by atoms with van der Waals surface area (Å²) < 4.78 is 5.08. The van der Waals surface area contributed by atoms with Crippen LogP contribution in [0.2, 0.25) is 0 Å². The maximum atomic E-state index is 12.6. The quantitative estimate of drug-likeness (QED) is 0.744. The van der Waals surface area contributed by atoms with Crippen LogP contribution in [-0.2, 0) is 4.79 Å². The second-order valence-electron chi connectivity index (χ2n) is 6.22. The van der Waals surface area contributed by atoms with E-state index in [1.807, 2.05) is 56.3 Å². The lowest BCUT2D eigenvalue weighted by atomic mass is 10.0. The Morgan fingerprint density at radius 1 is 0.960 bits per heavy atom. The summed E-state index contributed by atoms with van der Waals surface area (Å²) in [4.78, 5) is 24.8. The van der Waals surface area contributed by atoms with Crippen LogP contribution < -0.4 is 10.6 Å². The number of carbonyl (C=O) groups is 2. The first-order valence-corrected chi connectivity index (χ1v) is 8.18. The first-order valence-electron chi connectivity index (χ1n) is 8.18. The molecule has 0 aliphatic rings. The van der Waals surface area contributed by atoms with Gasteiger partial charge in [0.15, 0.2) is 5.76 Å². The molecule has 0 saturated carbocycles. The summed E-state index contributed by atoms with van der Waals surface area (Å²) in [7, 11) is 0. The van der Waals surface area contributed by atoms with Crippen molar-refractivity contribution in [1.29, 1.82) is 0 Å². The lowest BCUT2D eigenvalue weighted by Gasteiger charge is -2.21. The number of nitrogens with one attached hydrogen (secondary N) is 2. The standard InChI is InChI=1S/C20H20N2O3/c1-13(2)18(22-19(23)17-8-5-11-25-17)20(24)21-16-10-9-14-6-3-4-7-15(14)12-16/h3-13,18H,1-2H3,(H,21,24)(H,22,23)/t18-/m0/s1. The largest absolute Gasteiger partial charge is 0.459 e. The molecule has 3 rings (SSSR count). The normalized spacial score (nSPS) is 12.1. The maximum absolute atomic E-state index is 12.6. The zero-order valence-electron chi connectivity index (χ0n) is 14.2. The Balaban J connectivity index is 1.74. The summed E-state index contributed by atoms with van der Waals surface area (Å²) in [5, 5.41) is 7.76. The van der Waals surface area contributed by atoms with Crippen molar-refractivity contribution < 1.29 is 14.0 Å². The van der Waals surface area contributed by atoms with Crippen molar-refractivity contribution in [2.75, 3.05) is 5.32 Å². The molecule has 25 heavy (non-hydrogen) atoms. The highest BCUT2D eigenvalue weighted by Crippen LogP contribution is 2.19.